The first-order chi connectivity index (χ1) is 22.3. The van der Waals surface area contributed by atoms with Crippen LogP contribution in [0.4, 0.5) is 8.78 Å². The van der Waals surface area contributed by atoms with Gasteiger partial charge in [-0.15, -0.1) is 0 Å². The Morgan fingerprint density at radius 3 is 2.74 bits per heavy atom. The van der Waals surface area contributed by atoms with Crippen molar-refractivity contribution in [3.63, 3.8) is 0 Å². The average Bonchev–Trinajstić information content (AvgIpc) is 3.65. The first-order valence-electron chi connectivity index (χ1n) is 14.8. The molecular weight excluding hydrogens is 618 g/mol. The maximum Gasteiger partial charge on any atom is 0.286 e. The molecule has 7 rings (SSSR count). The first kappa shape index (κ1) is 30.0. The van der Waals surface area contributed by atoms with Crippen molar-refractivity contribution in [1.82, 2.24) is 34.6 Å². The Morgan fingerprint density at radius 1 is 1.15 bits per heavy atom. The van der Waals surface area contributed by atoms with Crippen molar-refractivity contribution in [3.05, 3.63) is 94.2 Å². The van der Waals surface area contributed by atoms with Gasteiger partial charge in [-0.3, -0.25) is 19.8 Å². The Bertz CT molecular complexity index is 1970. The molecule has 11 nitrogen and oxygen atoms in total. The normalized spacial score (nSPS) is 16.8. The van der Waals surface area contributed by atoms with Crippen LogP contribution in [0, 0.1) is 11.6 Å². The second-order valence-electron chi connectivity index (χ2n) is 11.2. The molecule has 5 aromatic rings. The summed E-state index contributed by atoms with van der Waals surface area (Å²) >= 11 is 5.83. The lowest BCUT2D eigenvalue weighted by Gasteiger charge is -2.29. The minimum atomic E-state index is -0.704. The predicted molar refractivity (Wildman–Crippen MR) is 166 cm³/mol. The summed E-state index contributed by atoms with van der Waals surface area (Å²) in [5.41, 5.74) is 9.59. The standard InChI is InChI=1S/C32H29ClF2N8O3/c33-21-3-1-20(24(35)12-21)17-46-28-11-19(2-4-23(28)34)18-5-8-42(9-6-18)16-29-38-25-13-26(31-39-32(30(36)44)41-40-31)37-14-27(25)43(29)15-22-7-10-45-22/h1-5,11-14,22H,6-10,15-17H2,(H2,36,44)(H,39,40,41). The van der Waals surface area contributed by atoms with Crippen LogP contribution in [0.3, 0.4) is 0 Å². The SMILES string of the molecule is NC(=O)c1nc(-c2cc3nc(CN4CC=C(c5ccc(F)c(OCc6ccc(Cl)cc6F)c5)CC4)n(CC4CCO4)c3cn2)n[nH]1. The van der Waals surface area contributed by atoms with Gasteiger partial charge in [0, 0.05) is 30.3 Å². The lowest BCUT2D eigenvalue weighted by molar-refractivity contribution is -0.0591. The molecule has 0 radical (unpaired) electrons. The number of nitrogens with one attached hydrogen (secondary N) is 1. The zero-order chi connectivity index (χ0) is 31.8. The Kier molecular flexibility index (Phi) is 8.20. The van der Waals surface area contributed by atoms with Gasteiger partial charge < -0.3 is 19.8 Å². The van der Waals surface area contributed by atoms with Gasteiger partial charge in [-0.05, 0) is 54.3 Å². The summed E-state index contributed by atoms with van der Waals surface area (Å²) in [4.78, 5) is 27.4. The number of nitrogens with two attached hydrogens (primary N) is 1. The molecule has 46 heavy (non-hydrogen) atoms. The molecule has 0 aliphatic carbocycles. The topological polar surface area (TPSA) is 137 Å². The van der Waals surface area contributed by atoms with Gasteiger partial charge in [0.25, 0.3) is 5.91 Å². The summed E-state index contributed by atoms with van der Waals surface area (Å²) in [5.74, 6) is -0.566. The molecular formula is C32H29ClF2N8O3. The van der Waals surface area contributed by atoms with Gasteiger partial charge in [-0.2, -0.15) is 5.10 Å². The van der Waals surface area contributed by atoms with Gasteiger partial charge in [-0.1, -0.05) is 29.8 Å². The molecule has 3 N–H and O–H groups in total. The van der Waals surface area contributed by atoms with Gasteiger partial charge >= 0.3 is 0 Å². The van der Waals surface area contributed by atoms with Crippen molar-refractivity contribution in [2.75, 3.05) is 19.7 Å². The van der Waals surface area contributed by atoms with Crippen molar-refractivity contribution < 1.29 is 23.0 Å². The Balaban J connectivity index is 1.07. The van der Waals surface area contributed by atoms with Crippen LogP contribution in [-0.2, 0) is 24.4 Å². The summed E-state index contributed by atoms with van der Waals surface area (Å²) in [7, 11) is 0. The minimum Gasteiger partial charge on any atom is -0.486 e. The third kappa shape index (κ3) is 6.21. The number of halogens is 3. The molecule has 236 valence electrons. The number of nitrogens with zero attached hydrogens (tertiary/aromatic N) is 6. The van der Waals surface area contributed by atoms with E-state index in [4.69, 9.17) is 31.8 Å². The highest BCUT2D eigenvalue weighted by atomic mass is 35.5. The molecule has 5 heterocycles. The third-order valence-electron chi connectivity index (χ3n) is 8.20. The molecule has 3 aromatic heterocycles. The minimum absolute atomic E-state index is 0.0412. The van der Waals surface area contributed by atoms with Crippen molar-refractivity contribution in [2.24, 2.45) is 5.73 Å². The summed E-state index contributed by atoms with van der Waals surface area (Å²) in [6.07, 6.45) is 5.69. The zero-order valence-electron chi connectivity index (χ0n) is 24.5. The van der Waals surface area contributed by atoms with Gasteiger partial charge in [0.15, 0.2) is 17.4 Å². The fraction of sp³-hybridized carbons (Fsp3) is 0.281. The summed E-state index contributed by atoms with van der Waals surface area (Å²) in [6.45, 7) is 3.31. The molecule has 1 fully saturated rings. The van der Waals surface area contributed by atoms with E-state index in [9.17, 15) is 13.6 Å². The fourth-order valence-electron chi connectivity index (χ4n) is 5.56. The highest BCUT2D eigenvalue weighted by Crippen LogP contribution is 2.30. The lowest BCUT2D eigenvalue weighted by Crippen LogP contribution is -2.33. The predicted octanol–water partition coefficient (Wildman–Crippen LogP) is 4.90. The number of primary amides is 1. The van der Waals surface area contributed by atoms with E-state index < -0.39 is 17.5 Å². The number of hydrogen-bond donors (Lipinski definition) is 2. The number of hydrogen-bond acceptors (Lipinski definition) is 8. The van der Waals surface area contributed by atoms with Gasteiger partial charge in [0.2, 0.25) is 5.82 Å². The quantitative estimate of drug-likeness (QED) is 0.219. The van der Waals surface area contributed by atoms with E-state index >= 15 is 0 Å². The molecule has 2 aliphatic rings. The van der Waals surface area contributed by atoms with Crippen LogP contribution in [0.25, 0.3) is 28.1 Å². The second kappa shape index (κ2) is 12.6. The van der Waals surface area contributed by atoms with Crippen molar-refractivity contribution in [1.29, 1.82) is 0 Å². The molecule has 1 amide bonds. The Hall–Kier alpha value is -4.72. The number of H-pyrrole nitrogens is 1. The van der Waals surface area contributed by atoms with Crippen LogP contribution in [-0.4, -0.2) is 66.3 Å². The van der Waals surface area contributed by atoms with Crippen LogP contribution >= 0.6 is 11.6 Å². The summed E-state index contributed by atoms with van der Waals surface area (Å²) in [5, 5.41) is 6.88. The molecule has 1 saturated heterocycles. The van der Waals surface area contributed by atoms with E-state index in [2.05, 4.69) is 35.7 Å². The average molecular weight is 647 g/mol. The highest BCUT2D eigenvalue weighted by molar-refractivity contribution is 6.30. The van der Waals surface area contributed by atoms with Crippen LogP contribution < -0.4 is 10.5 Å². The number of aromatic amines is 1. The number of imidazole rings is 1. The number of fused-ring (bicyclic) bond motifs is 1. The molecule has 1 atom stereocenters. The second-order valence-corrected chi connectivity index (χ2v) is 11.7. The fourth-order valence-corrected chi connectivity index (χ4v) is 5.72. The molecule has 2 aliphatic heterocycles. The maximum absolute atomic E-state index is 14.6. The first-order valence-corrected chi connectivity index (χ1v) is 15.2. The van der Waals surface area contributed by atoms with Gasteiger partial charge in [0.1, 0.15) is 23.9 Å². The van der Waals surface area contributed by atoms with Crippen LogP contribution in [0.2, 0.25) is 5.02 Å². The monoisotopic (exact) mass is 646 g/mol. The third-order valence-corrected chi connectivity index (χ3v) is 8.43. The maximum atomic E-state index is 14.6. The number of ether oxygens (including phenoxy) is 2. The zero-order valence-corrected chi connectivity index (χ0v) is 25.3. The van der Waals surface area contributed by atoms with Crippen molar-refractivity contribution in [3.8, 4) is 17.3 Å². The largest absolute Gasteiger partial charge is 0.486 e. The van der Waals surface area contributed by atoms with Crippen LogP contribution in [0.1, 0.15) is 40.4 Å². The number of benzene rings is 2. The number of pyridine rings is 1. The van der Waals surface area contributed by atoms with Crippen molar-refractivity contribution >= 4 is 34.1 Å². The lowest BCUT2D eigenvalue weighted by atomic mass is 9.99. The van der Waals surface area contributed by atoms with E-state index in [-0.39, 0.29) is 35.1 Å². The number of rotatable bonds is 10. The molecule has 2 aromatic carbocycles. The highest BCUT2D eigenvalue weighted by Gasteiger charge is 2.24. The molecule has 0 saturated carbocycles. The van der Waals surface area contributed by atoms with Gasteiger partial charge in [-0.25, -0.2) is 18.7 Å². The number of aromatic nitrogens is 6. The van der Waals surface area contributed by atoms with E-state index in [1.807, 2.05) is 0 Å². The smallest absolute Gasteiger partial charge is 0.286 e. The van der Waals surface area contributed by atoms with Gasteiger partial charge in [0.05, 0.1) is 36.4 Å². The number of carbonyl (C=O) groups is 1. The molecule has 0 bridgehead atoms. The Labute approximate surface area is 267 Å². The van der Waals surface area contributed by atoms with E-state index in [0.717, 1.165) is 54.0 Å². The van der Waals surface area contributed by atoms with Crippen LogP contribution in [0.5, 0.6) is 5.75 Å². The molecule has 14 heteroatoms. The van der Waals surface area contributed by atoms with Crippen LogP contribution in [0.15, 0.2) is 54.7 Å². The summed E-state index contributed by atoms with van der Waals surface area (Å²) < 4.78 is 42.3. The number of amides is 1. The van der Waals surface area contributed by atoms with E-state index in [0.29, 0.717) is 30.9 Å². The Morgan fingerprint density at radius 2 is 2.02 bits per heavy atom. The van der Waals surface area contributed by atoms with E-state index in [1.165, 1.54) is 18.2 Å². The molecule has 0 spiro atoms. The summed E-state index contributed by atoms with van der Waals surface area (Å²) in [6, 6.07) is 10.9. The van der Waals surface area contributed by atoms with Crippen molar-refractivity contribution in [2.45, 2.75) is 38.6 Å². The molecule has 1 unspecified atom stereocenters. The number of carbonyl (C=O) groups excluding carboxylic acids is 1. The van der Waals surface area contributed by atoms with E-state index in [1.54, 1.807) is 30.5 Å².